The average Bonchev–Trinajstić information content (AvgIpc) is 2.31. The summed E-state index contributed by atoms with van der Waals surface area (Å²) in [5.74, 6) is 2.28. The molecule has 1 aliphatic heterocycles. The maximum absolute atomic E-state index is 11.0. The van der Waals surface area contributed by atoms with Gasteiger partial charge in [-0.2, -0.15) is 11.8 Å². The van der Waals surface area contributed by atoms with E-state index < -0.39 is 0 Å². The molecule has 0 amide bonds. The second-order valence-electron chi connectivity index (χ2n) is 2.28. The number of halogens is 1. The minimum absolute atomic E-state index is 0.236. The summed E-state index contributed by atoms with van der Waals surface area (Å²) in [5, 5.41) is 0. The first kappa shape index (κ1) is 8.15. The Morgan fingerprint density at radius 3 is 3.10 bits per heavy atom. The van der Waals surface area contributed by atoms with Crippen LogP contribution >= 0.6 is 23.4 Å². The molecule has 1 aliphatic rings. The van der Waals surface area contributed by atoms with Crippen LogP contribution in [0.2, 0.25) is 0 Å². The van der Waals surface area contributed by atoms with E-state index in [2.05, 4.69) is 0 Å². The number of hydrogen-bond acceptors (Lipinski definition) is 2. The molecular weight excluding hydrogens is 168 g/mol. The second kappa shape index (κ2) is 4.04. The molecule has 0 saturated carbocycles. The Hall–Kier alpha value is 0.0500. The second-order valence-corrected chi connectivity index (χ2v) is 3.56. The topological polar surface area (TPSA) is 17.1 Å². The predicted octanol–water partition coefficient (Wildman–Crippen LogP) is 2.06. The summed E-state index contributed by atoms with van der Waals surface area (Å²) in [6.07, 6.45) is 2.66. The zero-order chi connectivity index (χ0) is 7.40. The van der Waals surface area contributed by atoms with Gasteiger partial charge in [-0.3, -0.25) is 4.79 Å². The molecule has 1 saturated heterocycles. The number of rotatable bonds is 2. The van der Waals surface area contributed by atoms with Crippen molar-refractivity contribution in [2.75, 3.05) is 11.5 Å². The highest BCUT2D eigenvalue weighted by Crippen LogP contribution is 2.23. The fourth-order valence-electron chi connectivity index (χ4n) is 0.928. The summed E-state index contributed by atoms with van der Waals surface area (Å²) in [6.45, 7) is 0. The van der Waals surface area contributed by atoms with Gasteiger partial charge in [-0.15, -0.1) is 0 Å². The molecule has 1 fully saturated rings. The zero-order valence-corrected chi connectivity index (χ0v) is 7.12. The molecule has 1 nitrogen and oxygen atoms in total. The van der Waals surface area contributed by atoms with Crippen molar-refractivity contribution in [3.05, 3.63) is 11.6 Å². The van der Waals surface area contributed by atoms with Crippen LogP contribution in [0.4, 0.5) is 0 Å². The first-order chi connectivity index (χ1) is 4.84. The molecule has 1 heterocycles. The highest BCUT2D eigenvalue weighted by molar-refractivity contribution is 8.00. The summed E-state index contributed by atoms with van der Waals surface area (Å²) in [6, 6.07) is 0. The summed E-state index contributed by atoms with van der Waals surface area (Å²) >= 11 is 7.04. The zero-order valence-electron chi connectivity index (χ0n) is 5.55. The van der Waals surface area contributed by atoms with Gasteiger partial charge < -0.3 is 0 Å². The molecule has 0 aliphatic carbocycles. The van der Waals surface area contributed by atoms with Crippen molar-refractivity contribution >= 4 is 29.1 Å². The van der Waals surface area contributed by atoms with Crippen molar-refractivity contribution in [1.82, 2.24) is 0 Å². The molecule has 56 valence electrons. The highest BCUT2D eigenvalue weighted by Gasteiger charge is 2.23. The third-order valence-electron chi connectivity index (χ3n) is 1.53. The maximum Gasteiger partial charge on any atom is 0.146 e. The molecule has 1 unspecified atom stereocenters. The minimum Gasteiger partial charge on any atom is -0.298 e. The van der Waals surface area contributed by atoms with Gasteiger partial charge in [0.25, 0.3) is 0 Å². The molecule has 0 aromatic carbocycles. The fourth-order valence-corrected chi connectivity index (χ4v) is 2.19. The van der Waals surface area contributed by atoms with Crippen LogP contribution in [0, 0.1) is 5.92 Å². The lowest BCUT2D eigenvalue weighted by atomic mass is 10.0. The van der Waals surface area contributed by atoms with Crippen LogP contribution in [0.3, 0.4) is 0 Å². The van der Waals surface area contributed by atoms with E-state index in [1.807, 2.05) is 6.08 Å². The Balaban J connectivity index is 2.33. The Morgan fingerprint density at radius 1 is 1.80 bits per heavy atom. The van der Waals surface area contributed by atoms with E-state index in [0.29, 0.717) is 11.5 Å². The van der Waals surface area contributed by atoms with Crippen LogP contribution < -0.4 is 0 Å². The number of allylic oxidation sites excluding steroid dienone is 1. The lowest BCUT2D eigenvalue weighted by Crippen LogP contribution is -2.09. The van der Waals surface area contributed by atoms with Crippen LogP contribution in [0.1, 0.15) is 6.42 Å². The van der Waals surface area contributed by atoms with Crippen molar-refractivity contribution < 1.29 is 4.79 Å². The molecule has 0 aromatic heterocycles. The van der Waals surface area contributed by atoms with E-state index in [9.17, 15) is 4.79 Å². The number of carbonyl (C=O) groups is 1. The summed E-state index contributed by atoms with van der Waals surface area (Å²) < 4.78 is 0. The van der Waals surface area contributed by atoms with Gasteiger partial charge in [0.2, 0.25) is 0 Å². The van der Waals surface area contributed by atoms with E-state index >= 15 is 0 Å². The van der Waals surface area contributed by atoms with Gasteiger partial charge in [-0.05, 0) is 6.42 Å². The van der Waals surface area contributed by atoms with E-state index in [-0.39, 0.29) is 5.92 Å². The van der Waals surface area contributed by atoms with Crippen molar-refractivity contribution in [2.24, 2.45) is 5.92 Å². The molecule has 0 bridgehead atoms. The molecule has 10 heavy (non-hydrogen) atoms. The molecule has 0 N–H and O–H groups in total. The maximum atomic E-state index is 11.0. The summed E-state index contributed by atoms with van der Waals surface area (Å²) in [5.41, 5.74) is 1.48. The quantitative estimate of drug-likeness (QED) is 0.641. The van der Waals surface area contributed by atoms with E-state index in [1.165, 1.54) is 5.54 Å². The van der Waals surface area contributed by atoms with Crippen molar-refractivity contribution in [3.63, 3.8) is 0 Å². The van der Waals surface area contributed by atoms with Gasteiger partial charge in [0, 0.05) is 17.2 Å². The molecular formula is C7H9ClOS. The Morgan fingerprint density at radius 2 is 2.60 bits per heavy atom. The van der Waals surface area contributed by atoms with E-state index in [0.717, 1.165) is 12.2 Å². The number of Topliss-reactive ketones (excluding diaryl/α,β-unsaturated/α-hetero) is 1. The molecule has 3 heteroatoms. The monoisotopic (exact) mass is 176 g/mol. The summed E-state index contributed by atoms with van der Waals surface area (Å²) in [7, 11) is 0. The lowest BCUT2D eigenvalue weighted by Gasteiger charge is -1.99. The van der Waals surface area contributed by atoms with Crippen molar-refractivity contribution in [2.45, 2.75) is 6.42 Å². The van der Waals surface area contributed by atoms with Crippen LogP contribution in [0.25, 0.3) is 0 Å². The van der Waals surface area contributed by atoms with Gasteiger partial charge in [-0.1, -0.05) is 17.7 Å². The van der Waals surface area contributed by atoms with Gasteiger partial charge >= 0.3 is 0 Å². The SMILES string of the molecule is O=C1CSCC1C/C=C/Cl. The molecule has 0 radical (unpaired) electrons. The van der Waals surface area contributed by atoms with Crippen LogP contribution in [-0.2, 0) is 4.79 Å². The van der Waals surface area contributed by atoms with Crippen LogP contribution in [0.15, 0.2) is 11.6 Å². The van der Waals surface area contributed by atoms with E-state index in [1.54, 1.807) is 11.8 Å². The number of ketones is 1. The van der Waals surface area contributed by atoms with Crippen molar-refractivity contribution in [1.29, 1.82) is 0 Å². The van der Waals surface area contributed by atoms with Gasteiger partial charge in [0.15, 0.2) is 0 Å². The van der Waals surface area contributed by atoms with Gasteiger partial charge in [0.05, 0.1) is 5.75 Å². The Labute approximate surface area is 69.8 Å². The smallest absolute Gasteiger partial charge is 0.146 e. The van der Waals surface area contributed by atoms with Crippen LogP contribution in [-0.4, -0.2) is 17.3 Å². The molecule has 1 atom stereocenters. The Kier molecular flexibility index (Phi) is 3.29. The standard InChI is InChI=1S/C7H9ClOS/c8-3-1-2-6-4-10-5-7(6)9/h1,3,6H,2,4-5H2/b3-1+. The predicted molar refractivity (Wildman–Crippen MR) is 45.4 cm³/mol. The first-order valence-electron chi connectivity index (χ1n) is 3.20. The van der Waals surface area contributed by atoms with Gasteiger partial charge in [0.1, 0.15) is 5.78 Å². The number of thioether (sulfide) groups is 1. The molecule has 0 aromatic rings. The summed E-state index contributed by atoms with van der Waals surface area (Å²) in [4.78, 5) is 11.0. The third-order valence-corrected chi connectivity index (χ3v) is 2.83. The molecule has 0 spiro atoms. The molecule has 1 rings (SSSR count). The number of carbonyl (C=O) groups excluding carboxylic acids is 1. The fraction of sp³-hybridized carbons (Fsp3) is 0.571. The number of hydrogen-bond donors (Lipinski definition) is 0. The minimum atomic E-state index is 0.236. The van der Waals surface area contributed by atoms with Crippen molar-refractivity contribution in [3.8, 4) is 0 Å². The average molecular weight is 177 g/mol. The highest BCUT2D eigenvalue weighted by atomic mass is 35.5. The largest absolute Gasteiger partial charge is 0.298 e. The lowest BCUT2D eigenvalue weighted by molar-refractivity contribution is -0.119. The third kappa shape index (κ3) is 2.03. The first-order valence-corrected chi connectivity index (χ1v) is 4.79. The van der Waals surface area contributed by atoms with Gasteiger partial charge in [-0.25, -0.2) is 0 Å². The Bertz CT molecular complexity index is 156. The van der Waals surface area contributed by atoms with Crippen LogP contribution in [0.5, 0.6) is 0 Å². The normalized spacial score (nSPS) is 26.5. The van der Waals surface area contributed by atoms with E-state index in [4.69, 9.17) is 11.6 Å².